The first-order valence-corrected chi connectivity index (χ1v) is 14.4. The summed E-state index contributed by atoms with van der Waals surface area (Å²) in [7, 11) is 2.11. The number of carbonyl (C=O) groups excluding carboxylic acids is 2. The number of para-hydroxylation sites is 1. The molecule has 5 rings (SSSR count). The minimum absolute atomic E-state index is 0.0138. The van der Waals surface area contributed by atoms with Crippen molar-refractivity contribution in [3.8, 4) is 16.3 Å². The average molecular weight is 549 g/mol. The molecule has 0 bridgehead atoms. The lowest BCUT2D eigenvalue weighted by molar-refractivity contribution is 0.0345. The third-order valence-corrected chi connectivity index (χ3v) is 8.35. The molecule has 3 atom stereocenters. The fourth-order valence-electron chi connectivity index (χ4n) is 5.01. The number of aromatic nitrogens is 1. The van der Waals surface area contributed by atoms with E-state index < -0.39 is 0 Å². The minimum atomic E-state index is -0.342. The monoisotopic (exact) mass is 548 g/mol. The number of hydrogen-bond acceptors (Lipinski definition) is 7. The smallest absolute Gasteiger partial charge is 0.258 e. The maximum Gasteiger partial charge on any atom is 0.258 e. The molecule has 2 amide bonds. The summed E-state index contributed by atoms with van der Waals surface area (Å²) in [5.41, 5.74) is 2.28. The highest BCUT2D eigenvalue weighted by Gasteiger charge is 2.35. The molecule has 2 N–H and O–H groups in total. The number of amides is 2. The van der Waals surface area contributed by atoms with Crippen LogP contribution in [-0.4, -0.2) is 77.1 Å². The number of benzene rings is 2. The number of thiazole rings is 1. The van der Waals surface area contributed by atoms with E-state index >= 15 is 0 Å². The first-order valence-electron chi connectivity index (χ1n) is 13.5. The second-order valence-electron chi connectivity index (χ2n) is 10.8. The van der Waals surface area contributed by atoms with Crippen LogP contribution in [0.3, 0.4) is 0 Å². The molecule has 3 aromatic rings. The summed E-state index contributed by atoms with van der Waals surface area (Å²) < 4.78 is 6.62. The zero-order valence-electron chi connectivity index (χ0n) is 22.7. The third kappa shape index (κ3) is 6.32. The second-order valence-corrected chi connectivity index (χ2v) is 11.7. The molecular weight excluding hydrogens is 512 g/mol. The Bertz CT molecular complexity index is 1290. The zero-order valence-corrected chi connectivity index (χ0v) is 23.5. The van der Waals surface area contributed by atoms with Gasteiger partial charge in [0.15, 0.2) is 5.75 Å². The summed E-state index contributed by atoms with van der Waals surface area (Å²) in [5, 5.41) is 15.7. The first-order chi connectivity index (χ1) is 18.8. The van der Waals surface area contributed by atoms with E-state index in [1.165, 1.54) is 12.8 Å². The van der Waals surface area contributed by atoms with Crippen LogP contribution in [0, 0.1) is 11.8 Å². The molecule has 1 aliphatic carbocycles. The van der Waals surface area contributed by atoms with Crippen LogP contribution < -0.4 is 10.1 Å². The minimum Gasteiger partial charge on any atom is -0.486 e. The summed E-state index contributed by atoms with van der Waals surface area (Å²) in [6.07, 6.45) is 4.09. The number of aliphatic hydroxyl groups excluding tert-OH is 1. The van der Waals surface area contributed by atoms with Gasteiger partial charge in [-0.2, -0.15) is 0 Å². The number of aliphatic hydroxyl groups is 1. The SMILES string of the molecule is C[C@@H]1CN([C@@H](C)CO)C(=O)c2cccc(NC(=O)c3ccc(-c4nccs4)cc3)c2O[C@@H]1CN(C)CC1CC1. The van der Waals surface area contributed by atoms with E-state index in [0.717, 1.165) is 23.0 Å². The van der Waals surface area contributed by atoms with E-state index in [4.69, 9.17) is 4.74 Å². The molecule has 0 spiro atoms. The summed E-state index contributed by atoms with van der Waals surface area (Å²) in [6.45, 7) is 5.99. The molecule has 2 aromatic carbocycles. The van der Waals surface area contributed by atoms with Gasteiger partial charge in [0.25, 0.3) is 11.8 Å². The Morgan fingerprint density at radius 3 is 2.67 bits per heavy atom. The van der Waals surface area contributed by atoms with Crippen LogP contribution in [0.2, 0.25) is 0 Å². The van der Waals surface area contributed by atoms with Crippen molar-refractivity contribution in [2.45, 2.75) is 38.8 Å². The van der Waals surface area contributed by atoms with E-state index in [-0.39, 0.29) is 36.5 Å². The number of fused-ring (bicyclic) bond motifs is 1. The summed E-state index contributed by atoms with van der Waals surface area (Å²) in [6, 6.07) is 12.2. The molecule has 1 saturated carbocycles. The molecule has 39 heavy (non-hydrogen) atoms. The average Bonchev–Trinajstić information content (AvgIpc) is 3.57. The lowest BCUT2D eigenvalue weighted by atomic mass is 9.99. The standard InChI is InChI=1S/C30H36N4O4S/c1-19-15-34(20(2)18-35)30(37)24-5-4-6-25(27(24)38-26(19)17-33(3)16-21-7-8-21)32-28(36)22-9-11-23(12-10-22)29-31-13-14-39-29/h4-6,9-14,19-21,26,35H,7-8,15-18H2,1-3H3,(H,32,36)/t19-,20+,26-/m1/s1. The molecule has 1 aliphatic heterocycles. The van der Waals surface area contributed by atoms with E-state index in [1.807, 2.05) is 24.4 Å². The number of carbonyl (C=O) groups is 2. The summed E-state index contributed by atoms with van der Waals surface area (Å²) >= 11 is 1.54. The fraction of sp³-hybridized carbons (Fsp3) is 0.433. The van der Waals surface area contributed by atoms with Gasteiger partial charge < -0.3 is 25.0 Å². The Morgan fingerprint density at radius 2 is 2.00 bits per heavy atom. The Hall–Kier alpha value is -3.27. The van der Waals surface area contributed by atoms with Crippen LogP contribution in [0.15, 0.2) is 54.0 Å². The maximum atomic E-state index is 13.7. The van der Waals surface area contributed by atoms with Gasteiger partial charge >= 0.3 is 0 Å². The predicted molar refractivity (Wildman–Crippen MR) is 153 cm³/mol. The molecule has 2 heterocycles. The molecule has 0 radical (unpaired) electrons. The van der Waals surface area contributed by atoms with Crippen molar-refractivity contribution in [2.24, 2.45) is 11.8 Å². The quantitative estimate of drug-likeness (QED) is 0.405. The van der Waals surface area contributed by atoms with Crippen molar-refractivity contribution in [2.75, 3.05) is 38.6 Å². The van der Waals surface area contributed by atoms with Gasteiger partial charge in [0.05, 0.1) is 23.9 Å². The van der Waals surface area contributed by atoms with Crippen molar-refractivity contribution in [3.63, 3.8) is 0 Å². The molecule has 206 valence electrons. The summed E-state index contributed by atoms with van der Waals surface area (Å²) in [4.78, 5) is 35.3. The highest BCUT2D eigenvalue weighted by molar-refractivity contribution is 7.13. The highest BCUT2D eigenvalue weighted by Crippen LogP contribution is 2.36. The number of likely N-dealkylation sites (N-methyl/N-ethyl adjacent to an activating group) is 1. The van der Waals surface area contributed by atoms with Crippen molar-refractivity contribution in [3.05, 3.63) is 65.2 Å². The predicted octanol–water partition coefficient (Wildman–Crippen LogP) is 4.62. The molecule has 0 saturated heterocycles. The van der Waals surface area contributed by atoms with Crippen molar-refractivity contribution < 1.29 is 19.4 Å². The molecule has 8 nitrogen and oxygen atoms in total. The topological polar surface area (TPSA) is 95.0 Å². The van der Waals surface area contributed by atoms with Crippen LogP contribution in [0.4, 0.5) is 5.69 Å². The number of hydrogen-bond donors (Lipinski definition) is 2. The van der Waals surface area contributed by atoms with Gasteiger partial charge in [0.1, 0.15) is 11.1 Å². The molecule has 2 aliphatic rings. The van der Waals surface area contributed by atoms with E-state index in [9.17, 15) is 14.7 Å². The first kappa shape index (κ1) is 27.3. The van der Waals surface area contributed by atoms with E-state index in [2.05, 4.69) is 29.2 Å². The largest absolute Gasteiger partial charge is 0.486 e. The molecule has 9 heteroatoms. The van der Waals surface area contributed by atoms with Gasteiger partial charge in [-0.1, -0.05) is 25.1 Å². The fourth-order valence-corrected chi connectivity index (χ4v) is 5.65. The number of anilines is 1. The van der Waals surface area contributed by atoms with Crippen molar-refractivity contribution in [1.29, 1.82) is 0 Å². The maximum absolute atomic E-state index is 13.7. The number of nitrogens with one attached hydrogen (secondary N) is 1. The lowest BCUT2D eigenvalue weighted by Crippen LogP contribution is -2.50. The van der Waals surface area contributed by atoms with Crippen LogP contribution >= 0.6 is 11.3 Å². The van der Waals surface area contributed by atoms with Gasteiger partial charge in [0, 0.05) is 48.3 Å². The number of rotatable bonds is 9. The van der Waals surface area contributed by atoms with Crippen molar-refractivity contribution in [1.82, 2.24) is 14.8 Å². The Kier molecular flexibility index (Phi) is 8.30. The third-order valence-electron chi connectivity index (χ3n) is 7.52. The molecular formula is C30H36N4O4S. The normalized spacial score (nSPS) is 20.1. The lowest BCUT2D eigenvalue weighted by Gasteiger charge is -2.38. The van der Waals surface area contributed by atoms with Crippen LogP contribution in [-0.2, 0) is 0 Å². The van der Waals surface area contributed by atoms with Gasteiger partial charge in [-0.25, -0.2) is 4.98 Å². The summed E-state index contributed by atoms with van der Waals surface area (Å²) in [5.74, 6) is 0.632. The highest BCUT2D eigenvalue weighted by atomic mass is 32.1. The van der Waals surface area contributed by atoms with Gasteiger partial charge in [0.2, 0.25) is 0 Å². The zero-order chi connectivity index (χ0) is 27.5. The van der Waals surface area contributed by atoms with E-state index in [0.29, 0.717) is 35.7 Å². The molecule has 0 unspecified atom stereocenters. The Morgan fingerprint density at radius 1 is 1.23 bits per heavy atom. The van der Waals surface area contributed by atoms with Crippen LogP contribution in [0.5, 0.6) is 5.75 Å². The van der Waals surface area contributed by atoms with Crippen molar-refractivity contribution >= 4 is 28.8 Å². The molecule has 1 aromatic heterocycles. The molecule has 1 fully saturated rings. The van der Waals surface area contributed by atoms with E-state index in [1.54, 1.807) is 52.8 Å². The van der Waals surface area contributed by atoms with Crippen LogP contribution in [0.1, 0.15) is 47.4 Å². The number of ether oxygens (including phenoxy) is 1. The number of nitrogens with zero attached hydrogens (tertiary/aromatic N) is 3. The van der Waals surface area contributed by atoms with Gasteiger partial charge in [-0.15, -0.1) is 11.3 Å². The van der Waals surface area contributed by atoms with Gasteiger partial charge in [-0.05, 0) is 57.0 Å². The van der Waals surface area contributed by atoms with Gasteiger partial charge in [-0.3, -0.25) is 9.59 Å². The Labute approximate surface area is 233 Å². The van der Waals surface area contributed by atoms with Crippen LogP contribution in [0.25, 0.3) is 10.6 Å². The Balaban J connectivity index is 1.43. The second kappa shape index (κ2) is 11.9.